The van der Waals surface area contributed by atoms with Gasteiger partial charge in [-0.3, -0.25) is 9.78 Å². The Hall–Kier alpha value is -3.50. The van der Waals surface area contributed by atoms with E-state index in [9.17, 15) is 22.0 Å². The molecule has 33 heavy (non-hydrogen) atoms. The van der Waals surface area contributed by atoms with Gasteiger partial charge in [0.05, 0.1) is 23.7 Å². The Bertz CT molecular complexity index is 1320. The molecular weight excluding hydrogens is 443 g/mol. The van der Waals surface area contributed by atoms with E-state index in [0.29, 0.717) is 33.7 Å². The van der Waals surface area contributed by atoms with Gasteiger partial charge in [-0.2, -0.15) is 10.2 Å². The highest BCUT2D eigenvalue weighted by atomic mass is 19.3. The zero-order valence-corrected chi connectivity index (χ0v) is 17.4. The maximum Gasteiger partial charge on any atom is 0.257 e. The lowest BCUT2D eigenvalue weighted by molar-refractivity contribution is 0.122. The molecule has 1 saturated heterocycles. The second-order valence-electron chi connectivity index (χ2n) is 8.11. The highest BCUT2D eigenvalue weighted by molar-refractivity contribution is 5.91. The van der Waals surface area contributed by atoms with E-state index >= 15 is 0 Å². The minimum atomic E-state index is -2.54. The van der Waals surface area contributed by atoms with Crippen LogP contribution in [0.15, 0.2) is 36.7 Å². The molecule has 0 aliphatic carbocycles. The SMILES string of the molecule is Cc1cn(CC(F)F)nc1-c1cnc2[nH]nc(N3C[C@@H](F)C[C@@H]3c3cc(F)ccc3F)c2c1. The first-order valence-corrected chi connectivity index (χ1v) is 10.3. The summed E-state index contributed by atoms with van der Waals surface area (Å²) in [7, 11) is 0. The molecule has 0 spiro atoms. The molecule has 172 valence electrons. The molecule has 0 saturated carbocycles. The number of aromatic amines is 1. The van der Waals surface area contributed by atoms with Gasteiger partial charge < -0.3 is 4.90 Å². The van der Waals surface area contributed by atoms with Crippen molar-refractivity contribution in [2.75, 3.05) is 11.4 Å². The molecule has 0 bridgehead atoms. The van der Waals surface area contributed by atoms with Crippen LogP contribution in [0.3, 0.4) is 0 Å². The summed E-state index contributed by atoms with van der Waals surface area (Å²) < 4.78 is 69.4. The molecule has 3 aromatic heterocycles. The largest absolute Gasteiger partial charge is 0.344 e. The summed E-state index contributed by atoms with van der Waals surface area (Å²) >= 11 is 0. The Morgan fingerprint density at radius 3 is 2.82 bits per heavy atom. The highest BCUT2D eigenvalue weighted by Crippen LogP contribution is 2.40. The van der Waals surface area contributed by atoms with Crippen molar-refractivity contribution in [3.05, 3.63) is 59.4 Å². The summed E-state index contributed by atoms with van der Waals surface area (Å²) in [6, 6.07) is 4.09. The molecule has 1 N–H and O–H groups in total. The van der Waals surface area contributed by atoms with Crippen molar-refractivity contribution in [1.29, 1.82) is 0 Å². The number of benzene rings is 1. The van der Waals surface area contributed by atoms with Crippen LogP contribution in [0.2, 0.25) is 0 Å². The number of anilines is 1. The molecule has 6 nitrogen and oxygen atoms in total. The van der Waals surface area contributed by atoms with Gasteiger partial charge >= 0.3 is 0 Å². The molecule has 0 unspecified atom stereocenters. The first-order chi connectivity index (χ1) is 15.8. The molecule has 1 fully saturated rings. The van der Waals surface area contributed by atoms with E-state index in [4.69, 9.17) is 0 Å². The Labute approximate surface area is 185 Å². The Balaban J connectivity index is 1.56. The molecule has 0 radical (unpaired) electrons. The minimum Gasteiger partial charge on any atom is -0.344 e. The number of aryl methyl sites for hydroxylation is 1. The van der Waals surface area contributed by atoms with Gasteiger partial charge in [-0.1, -0.05) is 0 Å². The average molecular weight is 462 g/mol. The number of nitrogens with one attached hydrogen (secondary N) is 1. The van der Waals surface area contributed by atoms with Crippen molar-refractivity contribution in [1.82, 2.24) is 25.0 Å². The zero-order chi connectivity index (χ0) is 23.3. The van der Waals surface area contributed by atoms with Crippen LogP contribution in [0, 0.1) is 18.6 Å². The summed E-state index contributed by atoms with van der Waals surface area (Å²) in [5, 5.41) is 11.8. The fourth-order valence-electron chi connectivity index (χ4n) is 4.36. The van der Waals surface area contributed by atoms with Crippen LogP contribution in [-0.2, 0) is 6.54 Å². The molecule has 1 aliphatic heterocycles. The van der Waals surface area contributed by atoms with E-state index in [1.54, 1.807) is 17.9 Å². The Kier molecular flexibility index (Phi) is 5.26. The summed E-state index contributed by atoms with van der Waals surface area (Å²) in [6.07, 6.45) is -0.745. The van der Waals surface area contributed by atoms with Crippen LogP contribution < -0.4 is 4.90 Å². The number of hydrogen-bond donors (Lipinski definition) is 1. The fourth-order valence-corrected chi connectivity index (χ4v) is 4.36. The van der Waals surface area contributed by atoms with Crippen molar-refractivity contribution >= 4 is 16.9 Å². The van der Waals surface area contributed by atoms with Gasteiger partial charge in [-0.25, -0.2) is 26.9 Å². The predicted molar refractivity (Wildman–Crippen MR) is 112 cm³/mol. The summed E-state index contributed by atoms with van der Waals surface area (Å²) in [4.78, 5) is 5.93. The lowest BCUT2D eigenvalue weighted by atomic mass is 10.0. The monoisotopic (exact) mass is 462 g/mol. The second kappa shape index (κ2) is 8.13. The van der Waals surface area contributed by atoms with Crippen molar-refractivity contribution in [2.45, 2.75) is 38.5 Å². The van der Waals surface area contributed by atoms with Crippen molar-refractivity contribution in [3.8, 4) is 11.3 Å². The van der Waals surface area contributed by atoms with Crippen LogP contribution in [0.5, 0.6) is 0 Å². The smallest absolute Gasteiger partial charge is 0.257 e. The number of aromatic nitrogens is 5. The number of pyridine rings is 1. The van der Waals surface area contributed by atoms with Gasteiger partial charge in [0.15, 0.2) is 11.5 Å². The lowest BCUT2D eigenvalue weighted by Crippen LogP contribution is -2.25. The Morgan fingerprint density at radius 2 is 2.03 bits per heavy atom. The second-order valence-corrected chi connectivity index (χ2v) is 8.11. The molecule has 1 aromatic carbocycles. The number of rotatable bonds is 5. The molecule has 1 aliphatic rings. The maximum absolute atomic E-state index is 14.5. The molecule has 11 heteroatoms. The van der Waals surface area contributed by atoms with E-state index < -0.39 is 36.8 Å². The van der Waals surface area contributed by atoms with E-state index in [-0.39, 0.29) is 18.5 Å². The van der Waals surface area contributed by atoms with E-state index in [2.05, 4.69) is 20.3 Å². The van der Waals surface area contributed by atoms with E-state index in [0.717, 1.165) is 18.2 Å². The third-order valence-electron chi connectivity index (χ3n) is 5.78. The average Bonchev–Trinajstić information content (AvgIpc) is 3.45. The van der Waals surface area contributed by atoms with Gasteiger partial charge in [0, 0.05) is 29.9 Å². The summed E-state index contributed by atoms with van der Waals surface area (Å²) in [6.45, 7) is 1.18. The molecule has 4 heterocycles. The number of nitrogens with zero attached hydrogens (tertiary/aromatic N) is 5. The van der Waals surface area contributed by atoms with Gasteiger partial charge in [-0.05, 0) is 36.8 Å². The van der Waals surface area contributed by atoms with Crippen molar-refractivity contribution in [3.63, 3.8) is 0 Å². The van der Waals surface area contributed by atoms with Gasteiger partial charge in [0.25, 0.3) is 6.43 Å². The standard InChI is InChI=1S/C22H19F5N6/c1-11-8-32(10-19(26)27)31-20(11)12-4-16-21(28-7-12)29-30-22(16)33-9-14(24)6-18(33)15-5-13(23)2-3-17(15)25/h2-5,7-8,14,18-19H,6,9-10H2,1H3,(H,28,29,30)/t14-,18+/m0/s1. The number of fused-ring (bicyclic) bond motifs is 1. The van der Waals surface area contributed by atoms with Crippen molar-refractivity contribution < 1.29 is 22.0 Å². The maximum atomic E-state index is 14.5. The zero-order valence-electron chi connectivity index (χ0n) is 17.4. The summed E-state index contributed by atoms with van der Waals surface area (Å²) in [5.74, 6) is -0.892. The Morgan fingerprint density at radius 1 is 1.21 bits per heavy atom. The van der Waals surface area contributed by atoms with Gasteiger partial charge in [0.1, 0.15) is 24.4 Å². The van der Waals surface area contributed by atoms with Crippen LogP contribution in [-0.4, -0.2) is 44.1 Å². The topological polar surface area (TPSA) is 62.6 Å². The van der Waals surface area contributed by atoms with Crippen LogP contribution >= 0.6 is 0 Å². The minimum absolute atomic E-state index is 0.0149. The first kappa shape index (κ1) is 21.4. The summed E-state index contributed by atoms with van der Waals surface area (Å²) in [5.41, 5.74) is 2.21. The van der Waals surface area contributed by atoms with Crippen LogP contribution in [0.25, 0.3) is 22.3 Å². The van der Waals surface area contributed by atoms with Gasteiger partial charge in [-0.15, -0.1) is 0 Å². The molecule has 5 rings (SSSR count). The normalized spacial score (nSPS) is 18.7. The molecule has 4 aromatic rings. The molecule has 0 amide bonds. The molecular formula is C22H19F5N6. The van der Waals surface area contributed by atoms with Crippen molar-refractivity contribution in [2.24, 2.45) is 0 Å². The number of alkyl halides is 3. The third-order valence-corrected chi connectivity index (χ3v) is 5.78. The fraction of sp³-hybridized carbons (Fsp3) is 0.318. The first-order valence-electron chi connectivity index (χ1n) is 10.3. The number of H-pyrrole nitrogens is 1. The quantitative estimate of drug-likeness (QED) is 0.426. The van der Waals surface area contributed by atoms with Crippen LogP contribution in [0.1, 0.15) is 23.6 Å². The number of halogens is 5. The van der Waals surface area contributed by atoms with Gasteiger partial charge in [0.2, 0.25) is 0 Å². The van der Waals surface area contributed by atoms with Crippen LogP contribution in [0.4, 0.5) is 27.8 Å². The third kappa shape index (κ3) is 3.91. The number of hydrogen-bond acceptors (Lipinski definition) is 4. The van der Waals surface area contributed by atoms with E-state index in [1.165, 1.54) is 17.1 Å². The van der Waals surface area contributed by atoms with E-state index in [1.807, 2.05) is 0 Å². The lowest BCUT2D eigenvalue weighted by Gasteiger charge is -2.25. The molecule has 2 atom stereocenters. The predicted octanol–water partition coefficient (Wildman–Crippen LogP) is 4.96. The highest BCUT2D eigenvalue weighted by Gasteiger charge is 2.37.